The van der Waals surface area contributed by atoms with Crippen molar-refractivity contribution in [3.05, 3.63) is 90.1 Å². The summed E-state index contributed by atoms with van der Waals surface area (Å²) in [6, 6.07) is 23.3. The molecule has 2 aliphatic rings. The second kappa shape index (κ2) is 11.4. The summed E-state index contributed by atoms with van der Waals surface area (Å²) >= 11 is 0. The molecule has 3 heterocycles. The zero-order valence-electron chi connectivity index (χ0n) is 22.3. The lowest BCUT2D eigenvalue weighted by atomic mass is 10.1. The number of epoxide rings is 1. The van der Waals surface area contributed by atoms with E-state index in [9.17, 15) is 4.79 Å². The lowest BCUT2D eigenvalue weighted by molar-refractivity contribution is -0.00672. The summed E-state index contributed by atoms with van der Waals surface area (Å²) in [5.41, 5.74) is 4.53. The highest BCUT2D eigenvalue weighted by atomic mass is 16.6. The Kier molecular flexibility index (Phi) is 7.35. The Bertz CT molecular complexity index is 1440. The second-order valence-corrected chi connectivity index (χ2v) is 9.75. The lowest BCUT2D eigenvalue weighted by Gasteiger charge is -2.29. The number of methoxy groups -OCH3 is 2. The highest BCUT2D eigenvalue weighted by Gasteiger charge is 2.52. The number of amides is 1. The minimum Gasteiger partial charge on any atom is -0.497 e. The topological polar surface area (TPSA) is 100 Å². The van der Waals surface area contributed by atoms with E-state index in [-0.39, 0.29) is 24.9 Å². The van der Waals surface area contributed by atoms with Crippen LogP contribution in [0.4, 0.5) is 4.79 Å². The summed E-state index contributed by atoms with van der Waals surface area (Å²) in [5.74, 6) is 1.27. The molecule has 0 saturated carbocycles. The molecule has 0 bridgehead atoms. The zero-order valence-corrected chi connectivity index (χ0v) is 22.3. The minimum absolute atomic E-state index is 0.00229. The van der Waals surface area contributed by atoms with Crippen LogP contribution >= 0.6 is 0 Å². The third-order valence-electron chi connectivity index (χ3n) is 7.05. The van der Waals surface area contributed by atoms with Crippen LogP contribution in [-0.4, -0.2) is 71.6 Å². The van der Waals surface area contributed by atoms with Crippen molar-refractivity contribution in [1.29, 1.82) is 0 Å². The smallest absolute Gasteiger partial charge is 0.410 e. The van der Waals surface area contributed by atoms with Gasteiger partial charge in [-0.3, -0.25) is 0 Å². The largest absolute Gasteiger partial charge is 0.497 e. The lowest BCUT2D eigenvalue weighted by Crippen LogP contribution is -2.47. The third-order valence-corrected chi connectivity index (χ3v) is 7.05. The molecule has 0 radical (unpaired) electrons. The molecule has 0 N–H and O–H groups in total. The van der Waals surface area contributed by atoms with E-state index >= 15 is 0 Å². The van der Waals surface area contributed by atoms with E-state index in [0.717, 1.165) is 28.1 Å². The van der Waals surface area contributed by atoms with E-state index in [1.165, 1.54) is 0 Å². The standard InChI is InChI=1S/C30H30N4O6/c1-36-24-12-21(13-25(14-24)37-2)19-39-30(35)33-16-27(29-28(17-33)40-29)38-18-20-8-10-23(11-9-20)34-15-26(31-32-34)22-6-4-3-5-7-22/h3-15,27-29H,16-19H2,1-2H3/t27-,28-,29-/m1/s1. The first-order chi connectivity index (χ1) is 19.6. The molecule has 6 rings (SSSR count). The molecule has 40 heavy (non-hydrogen) atoms. The summed E-state index contributed by atoms with van der Waals surface area (Å²) in [7, 11) is 3.16. The predicted molar refractivity (Wildman–Crippen MR) is 145 cm³/mol. The molecule has 1 aromatic heterocycles. The first-order valence-corrected chi connectivity index (χ1v) is 13.1. The number of aromatic nitrogens is 3. The van der Waals surface area contributed by atoms with Crippen LogP contribution in [0, 0.1) is 0 Å². The van der Waals surface area contributed by atoms with Gasteiger partial charge >= 0.3 is 6.09 Å². The summed E-state index contributed by atoms with van der Waals surface area (Å²) in [5, 5.41) is 8.54. The number of hydrogen-bond donors (Lipinski definition) is 0. The first kappa shape index (κ1) is 25.8. The maximum absolute atomic E-state index is 12.8. The van der Waals surface area contributed by atoms with Gasteiger partial charge in [0, 0.05) is 11.6 Å². The van der Waals surface area contributed by atoms with Crippen molar-refractivity contribution in [2.24, 2.45) is 0 Å². The Labute approximate surface area is 232 Å². The van der Waals surface area contributed by atoms with Gasteiger partial charge in [0.2, 0.25) is 0 Å². The number of benzene rings is 3. The number of fused-ring (bicyclic) bond motifs is 1. The van der Waals surface area contributed by atoms with Crippen LogP contribution in [0.2, 0.25) is 0 Å². The molecule has 10 heteroatoms. The van der Waals surface area contributed by atoms with Gasteiger partial charge in [-0.25, -0.2) is 9.48 Å². The molecular formula is C30H30N4O6. The average Bonchev–Trinajstić information content (AvgIpc) is 3.64. The Morgan fingerprint density at radius 3 is 2.40 bits per heavy atom. The fourth-order valence-corrected chi connectivity index (χ4v) is 4.81. The van der Waals surface area contributed by atoms with Crippen LogP contribution in [0.3, 0.4) is 0 Å². The van der Waals surface area contributed by atoms with Crippen LogP contribution in [0.15, 0.2) is 79.0 Å². The molecule has 2 aliphatic heterocycles. The van der Waals surface area contributed by atoms with Crippen molar-refractivity contribution in [2.45, 2.75) is 31.5 Å². The van der Waals surface area contributed by atoms with E-state index in [4.69, 9.17) is 23.7 Å². The molecule has 0 spiro atoms. The van der Waals surface area contributed by atoms with Crippen LogP contribution in [0.25, 0.3) is 16.9 Å². The molecule has 3 aromatic carbocycles. The molecule has 0 unspecified atom stereocenters. The van der Waals surface area contributed by atoms with Gasteiger partial charge in [0.05, 0.1) is 45.8 Å². The Hall–Kier alpha value is -4.41. The van der Waals surface area contributed by atoms with Gasteiger partial charge in [-0.1, -0.05) is 47.7 Å². The van der Waals surface area contributed by atoms with Gasteiger partial charge in [-0.2, -0.15) is 0 Å². The van der Waals surface area contributed by atoms with Crippen molar-refractivity contribution in [3.63, 3.8) is 0 Å². The maximum atomic E-state index is 12.8. The molecule has 2 fully saturated rings. The van der Waals surface area contributed by atoms with Gasteiger partial charge in [-0.15, -0.1) is 5.10 Å². The second-order valence-electron chi connectivity index (χ2n) is 9.75. The monoisotopic (exact) mass is 542 g/mol. The highest BCUT2D eigenvalue weighted by Crippen LogP contribution is 2.34. The number of hydrogen-bond acceptors (Lipinski definition) is 8. The number of carbonyl (C=O) groups is 1. The molecule has 206 valence electrons. The number of ether oxygens (including phenoxy) is 5. The van der Waals surface area contributed by atoms with Crippen molar-refractivity contribution in [2.75, 3.05) is 27.3 Å². The van der Waals surface area contributed by atoms with Crippen molar-refractivity contribution >= 4 is 6.09 Å². The van der Waals surface area contributed by atoms with E-state index in [2.05, 4.69) is 10.3 Å². The minimum atomic E-state index is -0.406. The van der Waals surface area contributed by atoms with Crippen molar-refractivity contribution < 1.29 is 28.5 Å². The Morgan fingerprint density at radius 1 is 0.925 bits per heavy atom. The quantitative estimate of drug-likeness (QED) is 0.289. The van der Waals surface area contributed by atoms with Gasteiger partial charge in [-0.05, 0) is 35.4 Å². The van der Waals surface area contributed by atoms with Crippen LogP contribution < -0.4 is 9.47 Å². The number of carbonyl (C=O) groups excluding carboxylic acids is 1. The van der Waals surface area contributed by atoms with Gasteiger partial charge in [0.1, 0.15) is 42.1 Å². The Morgan fingerprint density at radius 2 is 1.68 bits per heavy atom. The fraction of sp³-hybridized carbons (Fsp3) is 0.300. The Balaban J connectivity index is 1.02. The first-order valence-electron chi connectivity index (χ1n) is 13.1. The number of piperidine rings is 1. The van der Waals surface area contributed by atoms with E-state index < -0.39 is 6.09 Å². The maximum Gasteiger partial charge on any atom is 0.410 e. The SMILES string of the molecule is COc1cc(COC(=O)N2C[C@@H](OCc3ccc(-n4cc(-c5ccccc5)nn4)cc3)[C@H]3O[C@@H]3C2)cc(OC)c1. The zero-order chi connectivity index (χ0) is 27.5. The highest BCUT2D eigenvalue weighted by molar-refractivity contribution is 5.68. The number of nitrogens with zero attached hydrogens (tertiary/aromatic N) is 4. The normalized spacial score (nSPS) is 19.6. The van der Waals surface area contributed by atoms with E-state index in [1.54, 1.807) is 29.9 Å². The van der Waals surface area contributed by atoms with E-state index in [1.807, 2.05) is 72.9 Å². The molecule has 2 saturated heterocycles. The molecule has 3 atom stereocenters. The predicted octanol–water partition coefficient (Wildman–Crippen LogP) is 4.26. The van der Waals surface area contributed by atoms with Crippen molar-refractivity contribution in [1.82, 2.24) is 19.9 Å². The summed E-state index contributed by atoms with van der Waals surface area (Å²) in [4.78, 5) is 14.5. The van der Waals surface area contributed by atoms with Gasteiger partial charge in [0.25, 0.3) is 0 Å². The van der Waals surface area contributed by atoms with Crippen LogP contribution in [0.1, 0.15) is 11.1 Å². The van der Waals surface area contributed by atoms with Crippen LogP contribution in [0.5, 0.6) is 11.5 Å². The molecule has 4 aromatic rings. The van der Waals surface area contributed by atoms with E-state index in [0.29, 0.717) is 31.2 Å². The fourth-order valence-electron chi connectivity index (χ4n) is 4.81. The number of likely N-dealkylation sites (tertiary alicyclic amines) is 1. The average molecular weight is 543 g/mol. The summed E-state index contributed by atoms with van der Waals surface area (Å²) in [6.45, 7) is 1.40. The van der Waals surface area contributed by atoms with Gasteiger partial charge < -0.3 is 28.6 Å². The van der Waals surface area contributed by atoms with Crippen LogP contribution in [-0.2, 0) is 27.4 Å². The number of rotatable bonds is 9. The summed E-state index contributed by atoms with van der Waals surface area (Å²) in [6.07, 6.45) is 1.24. The molecule has 10 nitrogen and oxygen atoms in total. The molecule has 1 amide bonds. The summed E-state index contributed by atoms with van der Waals surface area (Å²) < 4.78 is 29.9. The third kappa shape index (κ3) is 5.78. The van der Waals surface area contributed by atoms with Gasteiger partial charge in [0.15, 0.2) is 0 Å². The molecular weight excluding hydrogens is 512 g/mol. The van der Waals surface area contributed by atoms with Crippen molar-refractivity contribution in [3.8, 4) is 28.4 Å². The molecule has 0 aliphatic carbocycles.